The number of hydrogen-bond acceptors (Lipinski definition) is 1. The van der Waals surface area contributed by atoms with Gasteiger partial charge in [0.15, 0.2) is 0 Å². The van der Waals surface area contributed by atoms with E-state index in [1.807, 2.05) is 12.2 Å². The van der Waals surface area contributed by atoms with E-state index in [-0.39, 0.29) is 5.82 Å². The van der Waals surface area contributed by atoms with Crippen molar-refractivity contribution in [3.05, 3.63) is 54.1 Å². The lowest BCUT2D eigenvalue weighted by Gasteiger charge is -2.07. The second-order valence-corrected chi connectivity index (χ2v) is 2.82. The highest BCUT2D eigenvalue weighted by molar-refractivity contribution is 5.73. The van der Waals surface area contributed by atoms with Gasteiger partial charge >= 0.3 is 0 Å². The smallest absolute Gasteiger partial charge is 0.123 e. The van der Waals surface area contributed by atoms with Crippen molar-refractivity contribution in [2.24, 2.45) is 0 Å². The second-order valence-electron chi connectivity index (χ2n) is 2.82. The van der Waals surface area contributed by atoms with Crippen LogP contribution in [0, 0.1) is 5.82 Å². The predicted molar refractivity (Wildman–Crippen MR) is 49.5 cm³/mol. The molecule has 1 aliphatic heterocycles. The summed E-state index contributed by atoms with van der Waals surface area (Å²) in [6.45, 7) is 0.616. The van der Waals surface area contributed by atoms with Gasteiger partial charge in [0.2, 0.25) is 0 Å². The van der Waals surface area contributed by atoms with Crippen LogP contribution < -0.4 is 0 Å². The minimum absolute atomic E-state index is 0.218. The first-order valence-corrected chi connectivity index (χ1v) is 4.10. The Morgan fingerprint density at radius 3 is 2.54 bits per heavy atom. The zero-order valence-electron chi connectivity index (χ0n) is 7.03. The number of ether oxygens (including phenoxy) is 1. The Morgan fingerprint density at radius 1 is 1.15 bits per heavy atom. The van der Waals surface area contributed by atoms with Gasteiger partial charge in [-0.25, -0.2) is 4.39 Å². The molecule has 1 aliphatic rings. The first-order chi connectivity index (χ1) is 6.36. The average molecular weight is 176 g/mol. The lowest BCUT2D eigenvalue weighted by Crippen LogP contribution is -1.91. The molecule has 2 heteroatoms. The number of rotatable bonds is 1. The van der Waals surface area contributed by atoms with Crippen LogP contribution in [0.3, 0.4) is 0 Å². The fraction of sp³-hybridized carbons (Fsp3) is 0.0909. The molecule has 66 valence electrons. The Bertz CT molecular complexity index is 349. The summed E-state index contributed by atoms with van der Waals surface area (Å²) >= 11 is 0. The largest absolute Gasteiger partial charge is 0.496 e. The van der Waals surface area contributed by atoms with E-state index in [4.69, 9.17) is 4.74 Å². The van der Waals surface area contributed by atoms with Gasteiger partial charge in [-0.2, -0.15) is 0 Å². The number of halogens is 1. The van der Waals surface area contributed by atoms with E-state index in [1.54, 1.807) is 18.4 Å². The summed E-state index contributed by atoms with van der Waals surface area (Å²) in [5.74, 6) is -0.218. The van der Waals surface area contributed by atoms with E-state index in [2.05, 4.69) is 0 Å². The first kappa shape index (κ1) is 8.05. The molecule has 0 bridgehead atoms. The quantitative estimate of drug-likeness (QED) is 0.639. The van der Waals surface area contributed by atoms with Crippen LogP contribution in [0.15, 0.2) is 42.7 Å². The van der Waals surface area contributed by atoms with Gasteiger partial charge in [0, 0.05) is 5.57 Å². The van der Waals surface area contributed by atoms with Gasteiger partial charge in [0.25, 0.3) is 0 Å². The van der Waals surface area contributed by atoms with E-state index >= 15 is 0 Å². The number of benzene rings is 1. The second kappa shape index (κ2) is 3.44. The van der Waals surface area contributed by atoms with Gasteiger partial charge in [0.05, 0.1) is 6.26 Å². The highest BCUT2D eigenvalue weighted by Gasteiger charge is 2.01. The molecule has 0 aromatic heterocycles. The van der Waals surface area contributed by atoms with Gasteiger partial charge in [-0.3, -0.25) is 0 Å². The van der Waals surface area contributed by atoms with Crippen molar-refractivity contribution < 1.29 is 9.13 Å². The van der Waals surface area contributed by atoms with Crippen molar-refractivity contribution in [2.75, 3.05) is 6.61 Å². The van der Waals surface area contributed by atoms with Crippen LogP contribution in [-0.2, 0) is 4.74 Å². The third-order valence-electron chi connectivity index (χ3n) is 1.88. The predicted octanol–water partition coefficient (Wildman–Crippen LogP) is 2.75. The molecule has 0 atom stereocenters. The van der Waals surface area contributed by atoms with Crippen LogP contribution in [0.2, 0.25) is 0 Å². The summed E-state index contributed by atoms with van der Waals surface area (Å²) in [6.07, 6.45) is 5.59. The molecule has 0 aliphatic carbocycles. The topological polar surface area (TPSA) is 9.23 Å². The minimum Gasteiger partial charge on any atom is -0.496 e. The maximum absolute atomic E-state index is 12.6. The maximum atomic E-state index is 12.6. The fourth-order valence-electron chi connectivity index (χ4n) is 1.21. The normalized spacial score (nSPS) is 15.0. The first-order valence-electron chi connectivity index (χ1n) is 4.10. The molecule has 1 nitrogen and oxygen atoms in total. The van der Waals surface area contributed by atoms with Crippen LogP contribution in [0.5, 0.6) is 0 Å². The minimum atomic E-state index is -0.218. The van der Waals surface area contributed by atoms with Gasteiger partial charge in [-0.15, -0.1) is 0 Å². The maximum Gasteiger partial charge on any atom is 0.123 e. The van der Waals surface area contributed by atoms with Crippen molar-refractivity contribution in [1.82, 2.24) is 0 Å². The molecule has 0 unspecified atom stereocenters. The monoisotopic (exact) mass is 176 g/mol. The van der Waals surface area contributed by atoms with E-state index < -0.39 is 0 Å². The van der Waals surface area contributed by atoms with E-state index in [1.165, 1.54) is 12.1 Å². The Morgan fingerprint density at radius 2 is 1.92 bits per heavy atom. The molecule has 2 rings (SSSR count). The summed E-state index contributed by atoms with van der Waals surface area (Å²) in [5.41, 5.74) is 1.95. The van der Waals surface area contributed by atoms with Crippen LogP contribution >= 0.6 is 0 Å². The Labute approximate surface area is 76.2 Å². The Kier molecular flexibility index (Phi) is 2.13. The summed E-state index contributed by atoms with van der Waals surface area (Å²) in [6, 6.07) is 6.36. The summed E-state index contributed by atoms with van der Waals surface area (Å²) in [7, 11) is 0. The Balaban J connectivity index is 2.30. The molecule has 1 heterocycles. The highest BCUT2D eigenvalue weighted by Crippen LogP contribution is 2.18. The molecule has 0 fully saturated rings. The van der Waals surface area contributed by atoms with Crippen molar-refractivity contribution >= 4 is 5.57 Å². The van der Waals surface area contributed by atoms with Gasteiger partial charge in [-0.05, 0) is 23.8 Å². The molecular formula is C11H9FO. The van der Waals surface area contributed by atoms with Crippen LogP contribution in [0.25, 0.3) is 5.57 Å². The zero-order chi connectivity index (χ0) is 9.10. The molecule has 0 saturated carbocycles. The summed E-state index contributed by atoms with van der Waals surface area (Å²) < 4.78 is 17.7. The molecule has 0 spiro atoms. The Hall–Kier alpha value is -1.57. The zero-order valence-corrected chi connectivity index (χ0v) is 7.03. The summed E-state index contributed by atoms with van der Waals surface area (Å²) in [5, 5.41) is 0. The molecule has 1 aromatic rings. The van der Waals surface area contributed by atoms with Crippen LogP contribution in [0.4, 0.5) is 4.39 Å². The third-order valence-corrected chi connectivity index (χ3v) is 1.88. The standard InChI is InChI=1S/C11H9FO/c12-11-5-3-9(4-6-11)10-2-1-7-13-8-10/h1-6,8H,7H2. The van der Waals surface area contributed by atoms with Crippen molar-refractivity contribution in [2.45, 2.75) is 0 Å². The van der Waals surface area contributed by atoms with Gasteiger partial charge in [0.1, 0.15) is 12.4 Å². The third kappa shape index (κ3) is 1.78. The number of hydrogen-bond donors (Lipinski definition) is 0. The van der Waals surface area contributed by atoms with Crippen molar-refractivity contribution in [3.8, 4) is 0 Å². The molecular weight excluding hydrogens is 167 g/mol. The lowest BCUT2D eigenvalue weighted by atomic mass is 10.1. The number of allylic oxidation sites excluding steroid dienone is 2. The molecule has 13 heavy (non-hydrogen) atoms. The molecule has 1 aromatic carbocycles. The van der Waals surface area contributed by atoms with E-state index in [0.717, 1.165) is 11.1 Å². The fourth-order valence-corrected chi connectivity index (χ4v) is 1.21. The van der Waals surface area contributed by atoms with Crippen LogP contribution in [-0.4, -0.2) is 6.61 Å². The van der Waals surface area contributed by atoms with Crippen LogP contribution in [0.1, 0.15) is 5.56 Å². The van der Waals surface area contributed by atoms with E-state index in [0.29, 0.717) is 6.61 Å². The molecule has 0 radical (unpaired) electrons. The molecule has 0 saturated heterocycles. The van der Waals surface area contributed by atoms with E-state index in [9.17, 15) is 4.39 Å². The van der Waals surface area contributed by atoms with Gasteiger partial charge in [-0.1, -0.05) is 18.2 Å². The highest BCUT2D eigenvalue weighted by atomic mass is 19.1. The molecule has 0 N–H and O–H groups in total. The lowest BCUT2D eigenvalue weighted by molar-refractivity contribution is 0.288. The summed E-state index contributed by atoms with van der Waals surface area (Å²) in [4.78, 5) is 0. The molecule has 0 amide bonds. The van der Waals surface area contributed by atoms with Crippen molar-refractivity contribution in [3.63, 3.8) is 0 Å². The average Bonchev–Trinajstić information content (AvgIpc) is 2.20. The SMILES string of the molecule is Fc1ccc(C2=COCC=C2)cc1. The van der Waals surface area contributed by atoms with Gasteiger partial charge < -0.3 is 4.74 Å². The van der Waals surface area contributed by atoms with Crippen molar-refractivity contribution in [1.29, 1.82) is 0 Å².